The number of hydrogen-bond donors (Lipinski definition) is 2. The zero-order valence-electron chi connectivity index (χ0n) is 6.94. The van der Waals surface area contributed by atoms with Gasteiger partial charge in [-0.15, -0.1) is 0 Å². The number of carbonyl (C=O) groups excluding carboxylic acids is 1. The van der Waals surface area contributed by atoms with Gasteiger partial charge < -0.3 is 21.2 Å². The molecule has 0 fully saturated rings. The van der Waals surface area contributed by atoms with E-state index in [1.807, 2.05) is 0 Å². The van der Waals surface area contributed by atoms with Crippen LogP contribution in [0.2, 0.25) is 0 Å². The van der Waals surface area contributed by atoms with Crippen molar-refractivity contribution in [1.82, 2.24) is 6.15 Å². The van der Waals surface area contributed by atoms with Crippen molar-refractivity contribution < 1.29 is 46.1 Å². The van der Waals surface area contributed by atoms with E-state index >= 15 is 0 Å². The van der Waals surface area contributed by atoms with Crippen molar-refractivity contribution in [3.05, 3.63) is 0 Å². The van der Waals surface area contributed by atoms with Crippen molar-refractivity contribution in [2.24, 2.45) is 0 Å². The Balaban J connectivity index is -0.000000180. The standard InChI is InChI=1S/2C2HF3O2.H3N/c2*3-2(4,5)1(6)7;/h2*(H,6,7);1H3. The van der Waals surface area contributed by atoms with E-state index in [2.05, 4.69) is 0 Å². The SMILES string of the molecule is O=C(O)C(F)(F)F.O=C([O-])C(F)(F)F.[NH4+]. The van der Waals surface area contributed by atoms with Crippen LogP contribution in [-0.4, -0.2) is 29.4 Å². The number of quaternary nitrogens is 1. The quantitative estimate of drug-likeness (QED) is 0.597. The smallest absolute Gasteiger partial charge is 0.490 e. The van der Waals surface area contributed by atoms with Gasteiger partial charge in [0.05, 0.1) is 0 Å². The van der Waals surface area contributed by atoms with Gasteiger partial charge in [0.2, 0.25) is 0 Å². The molecule has 11 heteroatoms. The molecule has 0 aromatic heterocycles. The molecule has 0 heterocycles. The van der Waals surface area contributed by atoms with Crippen LogP contribution in [0.5, 0.6) is 0 Å². The van der Waals surface area contributed by atoms with E-state index in [0.29, 0.717) is 0 Å². The Morgan fingerprint density at radius 1 is 0.933 bits per heavy atom. The monoisotopic (exact) mass is 245 g/mol. The molecule has 5 nitrogen and oxygen atoms in total. The van der Waals surface area contributed by atoms with Crippen LogP contribution in [0.1, 0.15) is 0 Å². The Kier molecular flexibility index (Phi) is 7.72. The summed E-state index contributed by atoms with van der Waals surface area (Å²) in [4.78, 5) is 17.7. The fourth-order valence-corrected chi connectivity index (χ4v) is 0. The van der Waals surface area contributed by atoms with Gasteiger partial charge in [0.1, 0.15) is 5.97 Å². The predicted molar refractivity (Wildman–Crippen MR) is 30.7 cm³/mol. The maximum atomic E-state index is 10.6. The van der Waals surface area contributed by atoms with Gasteiger partial charge in [0.25, 0.3) is 0 Å². The highest BCUT2D eigenvalue weighted by atomic mass is 19.4. The number of hydrogen-bond acceptors (Lipinski definition) is 3. The van der Waals surface area contributed by atoms with Gasteiger partial charge in [-0.05, 0) is 0 Å². The minimum absolute atomic E-state index is 0. The van der Waals surface area contributed by atoms with E-state index in [1.165, 1.54) is 0 Å². The summed E-state index contributed by atoms with van der Waals surface area (Å²) in [5.74, 6) is -5.76. The molecule has 0 aromatic carbocycles. The van der Waals surface area contributed by atoms with Gasteiger partial charge in [0.15, 0.2) is 0 Å². The normalized spacial score (nSPS) is 10.5. The Hall–Kier alpha value is -1.52. The molecule has 0 radical (unpaired) electrons. The molecule has 0 spiro atoms. The maximum absolute atomic E-state index is 10.6. The van der Waals surface area contributed by atoms with E-state index < -0.39 is 24.3 Å². The lowest BCUT2D eigenvalue weighted by Crippen LogP contribution is -2.37. The van der Waals surface area contributed by atoms with Gasteiger partial charge in [-0.3, -0.25) is 0 Å². The molecule has 0 amide bonds. The summed E-state index contributed by atoms with van der Waals surface area (Å²) in [6.07, 6.45) is -10.3. The summed E-state index contributed by atoms with van der Waals surface area (Å²) in [6.45, 7) is 0. The van der Waals surface area contributed by atoms with Crippen LogP contribution in [0, 0.1) is 0 Å². The number of carbonyl (C=O) groups is 2. The summed E-state index contributed by atoms with van der Waals surface area (Å²) in [7, 11) is 0. The first-order valence-corrected chi connectivity index (χ1v) is 2.47. The second-order valence-corrected chi connectivity index (χ2v) is 1.59. The van der Waals surface area contributed by atoms with Crippen LogP contribution in [0.3, 0.4) is 0 Å². The number of carboxylic acid groups (broad SMARTS) is 2. The van der Waals surface area contributed by atoms with Crippen molar-refractivity contribution >= 4 is 11.9 Å². The average Bonchev–Trinajstić information content (AvgIpc) is 1.83. The van der Waals surface area contributed by atoms with Gasteiger partial charge in [-0.1, -0.05) is 0 Å². The van der Waals surface area contributed by atoms with Crippen LogP contribution < -0.4 is 11.3 Å². The zero-order valence-corrected chi connectivity index (χ0v) is 6.94. The summed E-state index contributed by atoms with van der Waals surface area (Å²) in [5.41, 5.74) is 0. The molecular weight excluding hydrogens is 240 g/mol. The maximum Gasteiger partial charge on any atom is 0.490 e. The van der Waals surface area contributed by atoms with Crippen LogP contribution in [0.4, 0.5) is 26.3 Å². The molecule has 0 saturated carbocycles. The first kappa shape index (κ1) is 19.1. The highest BCUT2D eigenvalue weighted by Crippen LogP contribution is 2.13. The lowest BCUT2D eigenvalue weighted by Gasteiger charge is -2.03. The van der Waals surface area contributed by atoms with Gasteiger partial charge >= 0.3 is 18.3 Å². The molecule has 0 atom stereocenters. The number of carboxylic acids is 2. The fourth-order valence-electron chi connectivity index (χ4n) is 0. The number of alkyl halides is 6. The lowest BCUT2D eigenvalue weighted by atomic mass is 10.7. The minimum atomic E-state index is -5.19. The number of aliphatic carboxylic acids is 2. The van der Waals surface area contributed by atoms with Crippen molar-refractivity contribution in [2.45, 2.75) is 12.4 Å². The van der Waals surface area contributed by atoms with E-state index in [9.17, 15) is 26.3 Å². The summed E-state index contributed by atoms with van der Waals surface area (Å²) in [5, 5.41) is 15.9. The molecule has 0 bridgehead atoms. The van der Waals surface area contributed by atoms with Crippen LogP contribution in [0.25, 0.3) is 0 Å². The van der Waals surface area contributed by atoms with E-state index in [4.69, 9.17) is 19.8 Å². The molecule has 0 rings (SSSR count). The third-order valence-corrected chi connectivity index (χ3v) is 0.474. The van der Waals surface area contributed by atoms with Crippen LogP contribution in [-0.2, 0) is 9.59 Å². The molecule has 0 aliphatic carbocycles. The molecule has 0 aliphatic rings. The van der Waals surface area contributed by atoms with Crippen molar-refractivity contribution in [3.63, 3.8) is 0 Å². The first-order valence-electron chi connectivity index (χ1n) is 2.47. The van der Waals surface area contributed by atoms with E-state index in [-0.39, 0.29) is 6.15 Å². The third-order valence-electron chi connectivity index (χ3n) is 0.474. The zero-order chi connectivity index (χ0) is 12.2. The molecule has 5 N–H and O–H groups in total. The second kappa shape index (κ2) is 6.06. The first-order chi connectivity index (χ1) is 5.89. The highest BCUT2D eigenvalue weighted by molar-refractivity contribution is 5.73. The van der Waals surface area contributed by atoms with Gasteiger partial charge in [-0.2, -0.15) is 26.3 Å². The van der Waals surface area contributed by atoms with Crippen LogP contribution >= 0.6 is 0 Å². The molecular formula is C4H5F6NO4. The number of halogens is 6. The molecule has 15 heavy (non-hydrogen) atoms. The van der Waals surface area contributed by atoms with Crippen molar-refractivity contribution in [2.75, 3.05) is 0 Å². The number of rotatable bonds is 0. The lowest BCUT2D eigenvalue weighted by molar-refractivity contribution is -0.344. The topological polar surface area (TPSA) is 114 Å². The molecule has 0 saturated heterocycles. The van der Waals surface area contributed by atoms with E-state index in [1.54, 1.807) is 0 Å². The molecule has 0 aliphatic heterocycles. The van der Waals surface area contributed by atoms with Crippen molar-refractivity contribution in [3.8, 4) is 0 Å². The van der Waals surface area contributed by atoms with Gasteiger partial charge in [-0.25, -0.2) is 4.79 Å². The third kappa shape index (κ3) is 12.5. The molecule has 92 valence electrons. The largest absolute Gasteiger partial charge is 0.542 e. The Morgan fingerprint density at radius 2 is 1.07 bits per heavy atom. The Morgan fingerprint density at radius 3 is 1.07 bits per heavy atom. The van der Waals surface area contributed by atoms with Crippen molar-refractivity contribution in [1.29, 1.82) is 0 Å². The summed E-state index contributed by atoms with van der Waals surface area (Å²) < 4.78 is 63.3. The molecule has 0 unspecified atom stereocenters. The predicted octanol–water partition coefficient (Wildman–Crippen LogP) is 0.308. The fraction of sp³-hybridized carbons (Fsp3) is 0.500. The van der Waals surface area contributed by atoms with E-state index in [0.717, 1.165) is 0 Å². The average molecular weight is 245 g/mol. The van der Waals surface area contributed by atoms with Gasteiger partial charge in [0, 0.05) is 0 Å². The molecule has 0 aromatic rings. The Labute approximate surface area is 77.9 Å². The van der Waals surface area contributed by atoms with Crippen LogP contribution in [0.15, 0.2) is 0 Å². The summed E-state index contributed by atoms with van der Waals surface area (Å²) in [6, 6.07) is 0. The summed E-state index contributed by atoms with van der Waals surface area (Å²) >= 11 is 0. The Bertz CT molecular complexity index is 196. The highest BCUT2D eigenvalue weighted by Gasteiger charge is 2.38. The second-order valence-electron chi connectivity index (χ2n) is 1.59. The minimum Gasteiger partial charge on any atom is -0.542 e.